The Morgan fingerprint density at radius 1 is 0.920 bits per heavy atom. The van der Waals surface area contributed by atoms with Gasteiger partial charge in [0, 0.05) is 18.9 Å². The fourth-order valence-corrected chi connectivity index (χ4v) is 3.13. The van der Waals surface area contributed by atoms with E-state index >= 15 is 0 Å². The minimum absolute atomic E-state index is 0.102. The van der Waals surface area contributed by atoms with E-state index in [0.29, 0.717) is 6.42 Å². The van der Waals surface area contributed by atoms with Gasteiger partial charge in [0.1, 0.15) is 0 Å². The fourth-order valence-electron chi connectivity index (χ4n) is 3.13. The first-order valence-electron chi connectivity index (χ1n) is 9.33. The van der Waals surface area contributed by atoms with Gasteiger partial charge in [0.15, 0.2) is 0 Å². The summed E-state index contributed by atoms with van der Waals surface area (Å²) in [5.41, 5.74) is 2.37. The number of nitrogens with zero attached hydrogens (tertiary/aromatic N) is 1. The molecule has 0 heterocycles. The Kier molecular flexibility index (Phi) is 8.20. The van der Waals surface area contributed by atoms with E-state index in [1.807, 2.05) is 36.4 Å². The lowest BCUT2D eigenvalue weighted by atomic mass is 9.88. The third-order valence-corrected chi connectivity index (χ3v) is 4.66. The molecule has 0 fully saturated rings. The molecule has 134 valence electrons. The molecule has 3 heteroatoms. The molecule has 0 bridgehead atoms. The number of carbonyl (C=O) groups excluding carboxylic acids is 1. The predicted molar refractivity (Wildman–Crippen MR) is 105 cm³/mol. The van der Waals surface area contributed by atoms with E-state index in [1.54, 1.807) is 0 Å². The van der Waals surface area contributed by atoms with Crippen molar-refractivity contribution >= 4 is 5.91 Å². The van der Waals surface area contributed by atoms with Crippen molar-refractivity contribution in [3.05, 3.63) is 71.8 Å². The molecule has 0 unspecified atom stereocenters. The summed E-state index contributed by atoms with van der Waals surface area (Å²) in [5, 5.41) is 3.09. The van der Waals surface area contributed by atoms with Gasteiger partial charge >= 0.3 is 0 Å². The average molecular weight is 338 g/mol. The Morgan fingerprint density at radius 2 is 1.44 bits per heavy atom. The molecule has 0 spiro atoms. The van der Waals surface area contributed by atoms with E-state index in [-0.39, 0.29) is 11.8 Å². The summed E-state index contributed by atoms with van der Waals surface area (Å²) in [6, 6.07) is 20.6. The Morgan fingerprint density at radius 3 is 1.92 bits per heavy atom. The molecule has 0 aliphatic heterocycles. The molecule has 2 aromatic carbocycles. The van der Waals surface area contributed by atoms with Gasteiger partial charge in [-0.1, -0.05) is 74.5 Å². The summed E-state index contributed by atoms with van der Waals surface area (Å²) < 4.78 is 0. The van der Waals surface area contributed by atoms with Crippen molar-refractivity contribution in [1.82, 2.24) is 10.2 Å². The second-order valence-corrected chi connectivity index (χ2v) is 6.31. The molecule has 25 heavy (non-hydrogen) atoms. The van der Waals surface area contributed by atoms with Gasteiger partial charge < -0.3 is 10.2 Å². The van der Waals surface area contributed by atoms with Gasteiger partial charge in [-0.25, -0.2) is 0 Å². The smallest absolute Gasteiger partial charge is 0.220 e. The van der Waals surface area contributed by atoms with E-state index < -0.39 is 0 Å². The number of amides is 1. The van der Waals surface area contributed by atoms with Gasteiger partial charge in [-0.2, -0.15) is 0 Å². The van der Waals surface area contributed by atoms with Crippen LogP contribution in [-0.2, 0) is 4.79 Å². The van der Waals surface area contributed by atoms with Gasteiger partial charge in [-0.3, -0.25) is 4.79 Å². The monoisotopic (exact) mass is 338 g/mol. The van der Waals surface area contributed by atoms with Crippen LogP contribution in [0.5, 0.6) is 0 Å². The summed E-state index contributed by atoms with van der Waals surface area (Å²) in [7, 11) is 0. The Balaban J connectivity index is 1.92. The first kappa shape index (κ1) is 19.2. The average Bonchev–Trinajstić information content (AvgIpc) is 2.67. The number of hydrogen-bond acceptors (Lipinski definition) is 2. The molecule has 2 rings (SSSR count). The zero-order valence-corrected chi connectivity index (χ0v) is 15.4. The highest BCUT2D eigenvalue weighted by molar-refractivity contribution is 5.77. The first-order chi connectivity index (χ1) is 12.2. The SMILES string of the molecule is CCN(CC)CCCNC(=O)CC(c1ccccc1)c1ccccc1. The lowest BCUT2D eigenvalue weighted by Crippen LogP contribution is -2.30. The Bertz CT molecular complexity index is 569. The van der Waals surface area contributed by atoms with Crippen LogP contribution in [-0.4, -0.2) is 37.0 Å². The lowest BCUT2D eigenvalue weighted by Gasteiger charge is -2.19. The van der Waals surface area contributed by atoms with Crippen molar-refractivity contribution in [2.75, 3.05) is 26.2 Å². The minimum atomic E-state index is 0.102. The van der Waals surface area contributed by atoms with Crippen molar-refractivity contribution in [2.24, 2.45) is 0 Å². The van der Waals surface area contributed by atoms with E-state index in [2.05, 4.69) is 48.3 Å². The van der Waals surface area contributed by atoms with Crippen LogP contribution in [0, 0.1) is 0 Å². The molecular weight excluding hydrogens is 308 g/mol. The summed E-state index contributed by atoms with van der Waals surface area (Å²) in [6.07, 6.45) is 1.48. The molecule has 0 aliphatic carbocycles. The van der Waals surface area contributed by atoms with Crippen molar-refractivity contribution in [3.63, 3.8) is 0 Å². The van der Waals surface area contributed by atoms with Crippen molar-refractivity contribution in [1.29, 1.82) is 0 Å². The third-order valence-electron chi connectivity index (χ3n) is 4.66. The molecule has 0 atom stereocenters. The zero-order chi connectivity index (χ0) is 17.9. The predicted octanol–water partition coefficient (Wildman–Crippen LogP) is 4.06. The van der Waals surface area contributed by atoms with E-state index in [9.17, 15) is 4.79 Å². The van der Waals surface area contributed by atoms with Gasteiger partial charge in [0.25, 0.3) is 0 Å². The number of rotatable bonds is 10. The van der Waals surface area contributed by atoms with Crippen LogP contribution in [0.1, 0.15) is 43.7 Å². The molecule has 0 aromatic heterocycles. The van der Waals surface area contributed by atoms with Crippen molar-refractivity contribution < 1.29 is 4.79 Å². The summed E-state index contributed by atoms with van der Waals surface area (Å²) in [6.45, 7) is 8.25. The zero-order valence-electron chi connectivity index (χ0n) is 15.4. The molecule has 0 radical (unpaired) electrons. The largest absolute Gasteiger partial charge is 0.356 e. The van der Waals surface area contributed by atoms with Crippen LogP contribution in [0.25, 0.3) is 0 Å². The summed E-state index contributed by atoms with van der Waals surface area (Å²) in [4.78, 5) is 14.8. The molecule has 1 N–H and O–H groups in total. The maximum Gasteiger partial charge on any atom is 0.220 e. The molecular formula is C22H30N2O. The van der Waals surface area contributed by atoms with Gasteiger partial charge in [0.2, 0.25) is 5.91 Å². The maximum atomic E-state index is 12.5. The normalized spacial score (nSPS) is 11.0. The van der Waals surface area contributed by atoms with E-state index in [0.717, 1.165) is 32.6 Å². The van der Waals surface area contributed by atoms with E-state index in [4.69, 9.17) is 0 Å². The molecule has 3 nitrogen and oxygen atoms in total. The standard InChI is InChI=1S/C22H30N2O/c1-3-24(4-2)17-11-16-23-22(25)18-21(19-12-7-5-8-13-19)20-14-9-6-10-15-20/h5-10,12-15,21H,3-4,11,16-18H2,1-2H3,(H,23,25). The number of carbonyl (C=O) groups is 1. The summed E-state index contributed by atoms with van der Waals surface area (Å²) >= 11 is 0. The van der Waals surface area contributed by atoms with Gasteiger partial charge in [-0.15, -0.1) is 0 Å². The second-order valence-electron chi connectivity index (χ2n) is 6.31. The quantitative estimate of drug-likeness (QED) is 0.663. The van der Waals surface area contributed by atoms with Crippen LogP contribution in [0.4, 0.5) is 0 Å². The molecule has 1 amide bonds. The highest BCUT2D eigenvalue weighted by atomic mass is 16.1. The minimum Gasteiger partial charge on any atom is -0.356 e. The molecule has 0 aliphatic rings. The number of benzene rings is 2. The highest BCUT2D eigenvalue weighted by Gasteiger charge is 2.17. The van der Waals surface area contributed by atoms with Gasteiger partial charge in [0.05, 0.1) is 0 Å². The van der Waals surface area contributed by atoms with Crippen molar-refractivity contribution in [3.8, 4) is 0 Å². The number of nitrogens with one attached hydrogen (secondary N) is 1. The number of hydrogen-bond donors (Lipinski definition) is 1. The highest BCUT2D eigenvalue weighted by Crippen LogP contribution is 2.27. The molecule has 0 saturated carbocycles. The Labute approximate surface area is 152 Å². The topological polar surface area (TPSA) is 32.3 Å². The molecule has 2 aromatic rings. The lowest BCUT2D eigenvalue weighted by molar-refractivity contribution is -0.121. The van der Waals surface area contributed by atoms with Crippen LogP contribution in [0.2, 0.25) is 0 Å². The first-order valence-corrected chi connectivity index (χ1v) is 9.33. The Hall–Kier alpha value is -2.13. The molecule has 0 saturated heterocycles. The third kappa shape index (κ3) is 6.35. The van der Waals surface area contributed by atoms with Crippen LogP contribution in [0.15, 0.2) is 60.7 Å². The second kappa shape index (κ2) is 10.7. The van der Waals surface area contributed by atoms with Crippen molar-refractivity contribution in [2.45, 2.75) is 32.6 Å². The van der Waals surface area contributed by atoms with Crippen LogP contribution < -0.4 is 5.32 Å². The van der Waals surface area contributed by atoms with Crippen LogP contribution in [0.3, 0.4) is 0 Å². The maximum absolute atomic E-state index is 12.5. The fraction of sp³-hybridized carbons (Fsp3) is 0.409. The van der Waals surface area contributed by atoms with Crippen LogP contribution >= 0.6 is 0 Å². The van der Waals surface area contributed by atoms with Gasteiger partial charge in [-0.05, 0) is 37.2 Å². The summed E-state index contributed by atoms with van der Waals surface area (Å²) in [5.74, 6) is 0.224. The van der Waals surface area contributed by atoms with E-state index in [1.165, 1.54) is 11.1 Å².